The molecule has 23 heavy (non-hydrogen) atoms. The van der Waals surface area contributed by atoms with Crippen molar-refractivity contribution in [2.45, 2.75) is 0 Å². The number of halogens is 1. The molecule has 0 unspecified atom stereocenters. The molecule has 0 spiro atoms. The van der Waals surface area contributed by atoms with Gasteiger partial charge in [0.05, 0.1) is 5.56 Å². The summed E-state index contributed by atoms with van der Waals surface area (Å²) >= 11 is 0. The Labute approximate surface area is 134 Å². The number of nitrogens with one attached hydrogen (secondary N) is 1. The van der Waals surface area contributed by atoms with E-state index in [9.17, 15) is 13.8 Å². The van der Waals surface area contributed by atoms with Crippen molar-refractivity contribution in [1.29, 1.82) is 0 Å². The Morgan fingerprint density at radius 1 is 1.09 bits per heavy atom. The first-order valence-electron chi connectivity index (χ1n) is 6.92. The summed E-state index contributed by atoms with van der Waals surface area (Å²) in [6.45, 7) is 2.83. The van der Waals surface area contributed by atoms with Crippen molar-refractivity contribution in [2.24, 2.45) is 0 Å². The zero-order valence-corrected chi connectivity index (χ0v) is 13.7. The summed E-state index contributed by atoms with van der Waals surface area (Å²) in [6.07, 6.45) is 1.23. The molecule has 1 amide bonds. The van der Waals surface area contributed by atoms with Gasteiger partial charge >= 0.3 is 0 Å². The minimum absolute atomic E-state index is 0.0146. The molecule has 0 radical (unpaired) electrons. The molecule has 0 saturated carbocycles. The van der Waals surface area contributed by atoms with Crippen LogP contribution in [-0.4, -0.2) is 19.2 Å². The predicted octanol–water partition coefficient (Wildman–Crippen LogP) is 4.11. The summed E-state index contributed by atoms with van der Waals surface area (Å²) < 4.78 is 31.2. The highest BCUT2D eigenvalue weighted by Crippen LogP contribution is 2.43. The predicted molar refractivity (Wildman–Crippen MR) is 88.8 cm³/mol. The fraction of sp³-hybridized carbons (Fsp3) is 0.118. The molecular formula is C17H17FNO3P. The minimum Gasteiger partial charge on any atom is -0.441 e. The molecule has 4 nitrogen and oxygen atoms in total. The number of hydrogen-bond donors (Lipinski definition) is 1. The summed E-state index contributed by atoms with van der Waals surface area (Å²) in [6, 6.07) is 14.5. The van der Waals surface area contributed by atoms with E-state index in [1.54, 1.807) is 36.4 Å². The summed E-state index contributed by atoms with van der Waals surface area (Å²) in [7, 11) is -2.93. The summed E-state index contributed by atoms with van der Waals surface area (Å²) in [4.78, 5) is 12.1. The van der Waals surface area contributed by atoms with Crippen LogP contribution in [0.5, 0.6) is 0 Å². The van der Waals surface area contributed by atoms with Crippen LogP contribution in [0.4, 0.5) is 4.39 Å². The molecule has 6 heteroatoms. The molecule has 1 N–H and O–H groups in total. The van der Waals surface area contributed by atoms with Crippen molar-refractivity contribution in [3.05, 3.63) is 77.7 Å². The van der Waals surface area contributed by atoms with Crippen LogP contribution in [0.1, 0.15) is 15.9 Å². The van der Waals surface area contributed by atoms with E-state index in [4.69, 9.17) is 4.52 Å². The second-order valence-corrected chi connectivity index (χ2v) is 7.86. The van der Waals surface area contributed by atoms with Gasteiger partial charge in [-0.1, -0.05) is 30.3 Å². The average Bonchev–Trinajstić information content (AvgIpc) is 2.51. The molecule has 120 valence electrons. The Hall–Kier alpha value is -2.39. The maximum atomic E-state index is 13.9. The van der Waals surface area contributed by atoms with E-state index in [0.717, 1.165) is 0 Å². The summed E-state index contributed by atoms with van der Waals surface area (Å²) in [5.41, 5.74) is 0.581. The van der Waals surface area contributed by atoms with Gasteiger partial charge in [-0.05, 0) is 24.3 Å². The first-order valence-corrected chi connectivity index (χ1v) is 9.44. The molecule has 0 fully saturated rings. The largest absolute Gasteiger partial charge is 0.441 e. The van der Waals surface area contributed by atoms with Crippen LogP contribution in [0.3, 0.4) is 0 Å². The molecule has 0 aromatic heterocycles. The highest BCUT2D eigenvalue weighted by atomic mass is 31.2. The number of carbonyl (C=O) groups excluding carboxylic acids is 1. The quantitative estimate of drug-likeness (QED) is 0.662. The van der Waals surface area contributed by atoms with Crippen LogP contribution in [0.2, 0.25) is 0 Å². The van der Waals surface area contributed by atoms with Gasteiger partial charge in [0.2, 0.25) is 7.37 Å². The van der Waals surface area contributed by atoms with E-state index in [-0.39, 0.29) is 17.2 Å². The lowest BCUT2D eigenvalue weighted by molar-refractivity contribution is 0.0969. The van der Waals surface area contributed by atoms with Gasteiger partial charge in [0.1, 0.15) is 5.82 Å². The van der Waals surface area contributed by atoms with Gasteiger partial charge in [0.15, 0.2) is 5.76 Å². The normalized spacial score (nSPS) is 11.9. The Morgan fingerprint density at radius 3 is 2.30 bits per heavy atom. The number of benzene rings is 2. The molecule has 0 aliphatic rings. The zero-order chi connectivity index (χ0) is 16.9. The lowest BCUT2D eigenvalue weighted by Crippen LogP contribution is -2.18. The first-order chi connectivity index (χ1) is 10.9. The molecule has 2 rings (SSSR count). The standard InChI is InChI=1S/C17H17FNO3P/c1-23(2,21)22-16(14-10-6-7-11-15(14)18)12-19-17(20)13-8-4-3-5-9-13/h3-12H,1-2H3,(H,19,20). The number of hydrogen-bond acceptors (Lipinski definition) is 3. The molecule has 0 bridgehead atoms. The zero-order valence-electron chi connectivity index (χ0n) is 12.8. The van der Waals surface area contributed by atoms with Crippen LogP contribution in [0, 0.1) is 5.82 Å². The highest BCUT2D eigenvalue weighted by molar-refractivity contribution is 7.57. The minimum atomic E-state index is -2.93. The fourth-order valence-electron chi connectivity index (χ4n) is 1.86. The van der Waals surface area contributed by atoms with E-state index >= 15 is 0 Å². The van der Waals surface area contributed by atoms with Crippen molar-refractivity contribution < 1.29 is 18.3 Å². The van der Waals surface area contributed by atoms with Crippen LogP contribution in [0.15, 0.2) is 60.8 Å². The maximum Gasteiger partial charge on any atom is 0.255 e. The van der Waals surface area contributed by atoms with E-state index in [1.165, 1.54) is 37.7 Å². The molecule has 0 atom stereocenters. The van der Waals surface area contributed by atoms with Gasteiger partial charge in [0, 0.05) is 25.1 Å². The third-order valence-corrected chi connectivity index (χ3v) is 3.46. The van der Waals surface area contributed by atoms with E-state index < -0.39 is 13.2 Å². The molecule has 2 aromatic rings. The van der Waals surface area contributed by atoms with Gasteiger partial charge in [-0.2, -0.15) is 0 Å². The molecule has 0 saturated heterocycles. The van der Waals surface area contributed by atoms with Gasteiger partial charge in [0.25, 0.3) is 5.91 Å². The first kappa shape index (κ1) is 17.0. The lowest BCUT2D eigenvalue weighted by atomic mass is 10.2. The maximum absolute atomic E-state index is 13.9. The molecule has 0 heterocycles. The monoisotopic (exact) mass is 333 g/mol. The van der Waals surface area contributed by atoms with Crippen molar-refractivity contribution in [1.82, 2.24) is 5.32 Å². The van der Waals surface area contributed by atoms with E-state index in [0.29, 0.717) is 5.56 Å². The lowest BCUT2D eigenvalue weighted by Gasteiger charge is -2.15. The third kappa shape index (κ3) is 5.08. The van der Waals surface area contributed by atoms with Gasteiger partial charge in [-0.15, -0.1) is 0 Å². The van der Waals surface area contributed by atoms with E-state index in [1.807, 2.05) is 0 Å². The second-order valence-electron chi connectivity index (χ2n) is 5.17. The number of amides is 1. The summed E-state index contributed by atoms with van der Waals surface area (Å²) in [5, 5.41) is 2.53. The topological polar surface area (TPSA) is 55.4 Å². The Kier molecular flexibility index (Phi) is 5.35. The van der Waals surface area contributed by atoms with E-state index in [2.05, 4.69) is 5.32 Å². The molecular weight excluding hydrogens is 316 g/mol. The third-order valence-electron chi connectivity index (χ3n) is 2.83. The highest BCUT2D eigenvalue weighted by Gasteiger charge is 2.16. The number of rotatable bonds is 5. The molecule has 0 aliphatic heterocycles. The van der Waals surface area contributed by atoms with Gasteiger partial charge in [-0.3, -0.25) is 9.36 Å². The Balaban J connectivity index is 2.29. The van der Waals surface area contributed by atoms with Crippen LogP contribution >= 0.6 is 7.37 Å². The van der Waals surface area contributed by atoms with Crippen LogP contribution in [0.25, 0.3) is 5.76 Å². The van der Waals surface area contributed by atoms with Crippen LogP contribution < -0.4 is 5.32 Å². The number of carbonyl (C=O) groups is 1. The smallest absolute Gasteiger partial charge is 0.255 e. The SMILES string of the molecule is CP(C)(=O)OC(=CNC(=O)c1ccccc1)c1ccccc1F. The summed E-state index contributed by atoms with van der Waals surface area (Å²) in [5.74, 6) is -0.882. The Bertz CT molecular complexity index is 768. The average molecular weight is 333 g/mol. The fourth-order valence-corrected chi connectivity index (χ4v) is 2.48. The van der Waals surface area contributed by atoms with Crippen molar-refractivity contribution in [2.75, 3.05) is 13.3 Å². The van der Waals surface area contributed by atoms with Gasteiger partial charge < -0.3 is 9.84 Å². The van der Waals surface area contributed by atoms with Crippen LogP contribution in [-0.2, 0) is 9.09 Å². The van der Waals surface area contributed by atoms with Crippen molar-refractivity contribution in [3.63, 3.8) is 0 Å². The van der Waals surface area contributed by atoms with Crippen molar-refractivity contribution in [3.8, 4) is 0 Å². The molecule has 2 aromatic carbocycles. The Morgan fingerprint density at radius 2 is 1.70 bits per heavy atom. The second kappa shape index (κ2) is 7.25. The molecule has 0 aliphatic carbocycles. The van der Waals surface area contributed by atoms with Crippen molar-refractivity contribution >= 4 is 19.0 Å². The van der Waals surface area contributed by atoms with Gasteiger partial charge in [-0.25, -0.2) is 4.39 Å².